The Morgan fingerprint density at radius 1 is 1.25 bits per heavy atom. The zero-order chi connectivity index (χ0) is 16.9. The molecule has 0 saturated heterocycles. The number of aromatic nitrogens is 2. The van der Waals surface area contributed by atoms with Gasteiger partial charge >= 0.3 is 5.69 Å². The highest BCUT2D eigenvalue weighted by atomic mass is 16.6. The number of carbonyl (C=O) groups is 1. The third-order valence-electron chi connectivity index (χ3n) is 3.30. The van der Waals surface area contributed by atoms with Crippen LogP contribution in [0.3, 0.4) is 0 Å². The summed E-state index contributed by atoms with van der Waals surface area (Å²) in [5, 5.41) is 13.5. The largest absolute Gasteiger partial charge is 0.477 e. The van der Waals surface area contributed by atoms with Crippen molar-refractivity contribution in [3.8, 4) is 5.75 Å². The minimum Gasteiger partial charge on any atom is -0.477 e. The van der Waals surface area contributed by atoms with Gasteiger partial charge in [0.05, 0.1) is 17.2 Å². The van der Waals surface area contributed by atoms with Crippen LogP contribution in [0.5, 0.6) is 5.75 Å². The van der Waals surface area contributed by atoms with Gasteiger partial charge in [-0.05, 0) is 18.2 Å². The number of pyridine rings is 1. The number of fused-ring (bicyclic) bond motifs is 1. The number of nitro benzene ring substituents is 1. The molecule has 24 heavy (non-hydrogen) atoms. The van der Waals surface area contributed by atoms with E-state index in [1.54, 1.807) is 6.07 Å². The topological polar surface area (TPSA) is 98.8 Å². The van der Waals surface area contributed by atoms with Crippen LogP contribution < -0.4 is 10.1 Å². The Bertz CT molecular complexity index is 857. The summed E-state index contributed by atoms with van der Waals surface area (Å²) in [4.78, 5) is 26.5. The first kappa shape index (κ1) is 15.5. The van der Waals surface area contributed by atoms with E-state index in [0.29, 0.717) is 5.69 Å². The Kier molecular flexibility index (Phi) is 4.37. The molecule has 0 unspecified atom stereocenters. The standard InChI is InChI=1S/C16H14N4O4/c21-16(11-24-14-6-2-1-5-13(14)20(22)23)17-9-12-10-19-8-4-3-7-15(19)18-12/h1-8,10H,9,11H2,(H,17,21). The van der Waals surface area contributed by atoms with Crippen LogP contribution >= 0.6 is 0 Å². The van der Waals surface area contributed by atoms with Gasteiger partial charge in [0.15, 0.2) is 12.4 Å². The molecular formula is C16H14N4O4. The molecule has 0 saturated carbocycles. The molecule has 8 nitrogen and oxygen atoms in total. The number of rotatable bonds is 6. The monoisotopic (exact) mass is 326 g/mol. The number of hydrogen-bond donors (Lipinski definition) is 1. The molecule has 0 aliphatic heterocycles. The van der Waals surface area contributed by atoms with Crippen LogP contribution in [0.2, 0.25) is 0 Å². The van der Waals surface area contributed by atoms with E-state index in [9.17, 15) is 14.9 Å². The molecule has 2 heterocycles. The van der Waals surface area contributed by atoms with Crippen LogP contribution in [0, 0.1) is 10.1 Å². The summed E-state index contributed by atoms with van der Waals surface area (Å²) in [5.41, 5.74) is 1.32. The fourth-order valence-electron chi connectivity index (χ4n) is 2.19. The van der Waals surface area contributed by atoms with E-state index in [2.05, 4.69) is 10.3 Å². The molecule has 2 aromatic heterocycles. The van der Waals surface area contributed by atoms with Crippen molar-refractivity contribution < 1.29 is 14.5 Å². The van der Waals surface area contributed by atoms with Crippen molar-refractivity contribution in [2.75, 3.05) is 6.61 Å². The van der Waals surface area contributed by atoms with Crippen molar-refractivity contribution >= 4 is 17.2 Å². The summed E-state index contributed by atoms with van der Waals surface area (Å²) in [6.07, 6.45) is 3.68. The van der Waals surface area contributed by atoms with E-state index in [1.807, 2.05) is 35.0 Å². The Morgan fingerprint density at radius 3 is 2.83 bits per heavy atom. The van der Waals surface area contributed by atoms with E-state index < -0.39 is 4.92 Å². The fourth-order valence-corrected chi connectivity index (χ4v) is 2.19. The van der Waals surface area contributed by atoms with Gasteiger partial charge in [0.25, 0.3) is 5.91 Å². The molecule has 122 valence electrons. The number of benzene rings is 1. The van der Waals surface area contributed by atoms with E-state index in [1.165, 1.54) is 18.2 Å². The molecule has 0 fully saturated rings. The molecule has 0 spiro atoms. The van der Waals surface area contributed by atoms with Gasteiger partial charge in [0.2, 0.25) is 0 Å². The number of nitro groups is 1. The molecule has 1 amide bonds. The second-order valence-electron chi connectivity index (χ2n) is 4.99. The molecule has 0 atom stereocenters. The predicted octanol–water partition coefficient (Wildman–Crippen LogP) is 1.94. The predicted molar refractivity (Wildman–Crippen MR) is 85.6 cm³/mol. The van der Waals surface area contributed by atoms with Crippen LogP contribution in [0.15, 0.2) is 54.9 Å². The highest BCUT2D eigenvalue weighted by molar-refractivity contribution is 5.77. The molecule has 3 rings (SSSR count). The number of amides is 1. The van der Waals surface area contributed by atoms with Gasteiger partial charge in [-0.1, -0.05) is 18.2 Å². The molecule has 0 bridgehead atoms. The summed E-state index contributed by atoms with van der Waals surface area (Å²) in [6.45, 7) is -0.0566. The Morgan fingerprint density at radius 2 is 2.04 bits per heavy atom. The lowest BCUT2D eigenvalue weighted by Gasteiger charge is -2.06. The summed E-state index contributed by atoms with van der Waals surface area (Å²) in [7, 11) is 0. The Labute approximate surface area is 136 Å². The van der Waals surface area contributed by atoms with Crippen molar-refractivity contribution in [1.29, 1.82) is 0 Å². The Hall–Kier alpha value is -3.42. The molecule has 0 radical (unpaired) electrons. The third-order valence-corrected chi connectivity index (χ3v) is 3.30. The van der Waals surface area contributed by atoms with Gasteiger partial charge in [0.1, 0.15) is 5.65 Å². The smallest absolute Gasteiger partial charge is 0.310 e. The molecule has 0 aliphatic carbocycles. The zero-order valence-electron chi connectivity index (χ0n) is 12.6. The van der Waals surface area contributed by atoms with E-state index in [4.69, 9.17) is 4.74 Å². The summed E-state index contributed by atoms with van der Waals surface area (Å²) in [6, 6.07) is 11.6. The minimum absolute atomic E-state index is 0.0605. The molecule has 1 aromatic carbocycles. The van der Waals surface area contributed by atoms with Crippen molar-refractivity contribution in [2.24, 2.45) is 0 Å². The lowest BCUT2D eigenvalue weighted by atomic mass is 10.3. The third kappa shape index (κ3) is 3.49. The van der Waals surface area contributed by atoms with Gasteiger partial charge in [-0.2, -0.15) is 0 Å². The SMILES string of the molecule is O=C(COc1ccccc1[N+](=O)[O-])NCc1cn2ccccc2n1. The normalized spacial score (nSPS) is 10.5. The fraction of sp³-hybridized carbons (Fsp3) is 0.125. The van der Waals surface area contributed by atoms with Crippen molar-refractivity contribution in [2.45, 2.75) is 6.54 Å². The first-order valence-corrected chi connectivity index (χ1v) is 7.19. The second-order valence-corrected chi connectivity index (χ2v) is 4.99. The van der Waals surface area contributed by atoms with Crippen LogP contribution in [-0.2, 0) is 11.3 Å². The van der Waals surface area contributed by atoms with Gasteiger partial charge in [0, 0.05) is 18.5 Å². The Balaban J connectivity index is 1.55. The van der Waals surface area contributed by atoms with Crippen molar-refractivity contribution in [3.05, 3.63) is 70.7 Å². The molecule has 1 N–H and O–H groups in total. The zero-order valence-corrected chi connectivity index (χ0v) is 12.6. The van der Waals surface area contributed by atoms with Gasteiger partial charge in [-0.15, -0.1) is 0 Å². The van der Waals surface area contributed by atoms with E-state index in [0.717, 1.165) is 5.65 Å². The average Bonchev–Trinajstić information content (AvgIpc) is 3.01. The number of carbonyl (C=O) groups excluding carboxylic acids is 1. The summed E-state index contributed by atoms with van der Waals surface area (Å²) >= 11 is 0. The van der Waals surface area contributed by atoms with Crippen LogP contribution in [0.1, 0.15) is 5.69 Å². The maximum Gasteiger partial charge on any atom is 0.310 e. The molecule has 0 aliphatic rings. The highest BCUT2D eigenvalue weighted by Gasteiger charge is 2.14. The maximum atomic E-state index is 11.8. The number of para-hydroxylation sites is 2. The van der Waals surface area contributed by atoms with Crippen LogP contribution in [-0.4, -0.2) is 26.8 Å². The van der Waals surface area contributed by atoms with Crippen molar-refractivity contribution in [3.63, 3.8) is 0 Å². The lowest BCUT2D eigenvalue weighted by Crippen LogP contribution is -2.28. The van der Waals surface area contributed by atoms with Crippen LogP contribution in [0.25, 0.3) is 5.65 Å². The first-order valence-electron chi connectivity index (χ1n) is 7.19. The molecule has 8 heteroatoms. The minimum atomic E-state index is -0.552. The quantitative estimate of drug-likeness (QED) is 0.551. The van der Waals surface area contributed by atoms with E-state index in [-0.39, 0.29) is 30.5 Å². The maximum absolute atomic E-state index is 11.8. The molecular weight excluding hydrogens is 312 g/mol. The highest BCUT2D eigenvalue weighted by Crippen LogP contribution is 2.25. The summed E-state index contributed by atoms with van der Waals surface area (Å²) < 4.78 is 7.08. The van der Waals surface area contributed by atoms with Crippen LogP contribution in [0.4, 0.5) is 5.69 Å². The van der Waals surface area contributed by atoms with Crippen molar-refractivity contribution in [1.82, 2.24) is 14.7 Å². The number of hydrogen-bond acceptors (Lipinski definition) is 5. The number of ether oxygens (including phenoxy) is 1. The second kappa shape index (κ2) is 6.78. The number of nitrogens with one attached hydrogen (secondary N) is 1. The van der Waals surface area contributed by atoms with Gasteiger partial charge < -0.3 is 14.5 Å². The summed E-state index contributed by atoms with van der Waals surface area (Å²) in [5.74, 6) is -0.324. The van der Waals surface area contributed by atoms with E-state index >= 15 is 0 Å². The van der Waals surface area contributed by atoms with Gasteiger partial charge in [-0.3, -0.25) is 14.9 Å². The number of imidazole rings is 1. The average molecular weight is 326 g/mol. The molecule has 3 aromatic rings. The lowest BCUT2D eigenvalue weighted by molar-refractivity contribution is -0.385. The number of nitrogens with zero attached hydrogens (tertiary/aromatic N) is 3. The van der Waals surface area contributed by atoms with Gasteiger partial charge in [-0.25, -0.2) is 4.98 Å². The first-order chi connectivity index (χ1) is 11.6.